The van der Waals surface area contributed by atoms with E-state index in [2.05, 4.69) is 0 Å². The lowest BCUT2D eigenvalue weighted by Gasteiger charge is -2.17. The molecule has 0 N–H and O–H groups in total. The molecule has 0 atom stereocenters. The Hall–Kier alpha value is -0.980. The number of likely N-dealkylation sites (N-methyl/N-ethyl adjacent to an activating group) is 1. The molecule has 0 aromatic heterocycles. The molecule has 1 aliphatic heterocycles. The summed E-state index contributed by atoms with van der Waals surface area (Å²) in [7, 11) is -1.78. The Morgan fingerprint density at radius 1 is 1.35 bits per heavy atom. The van der Waals surface area contributed by atoms with Crippen molar-refractivity contribution in [1.29, 1.82) is 0 Å². The van der Waals surface area contributed by atoms with Gasteiger partial charge in [0.1, 0.15) is 5.82 Å². The number of halogens is 1. The van der Waals surface area contributed by atoms with Gasteiger partial charge in [0.25, 0.3) is 10.2 Å². The van der Waals surface area contributed by atoms with Crippen LogP contribution in [-0.4, -0.2) is 43.7 Å². The Labute approximate surface area is 101 Å². The van der Waals surface area contributed by atoms with E-state index >= 15 is 0 Å². The van der Waals surface area contributed by atoms with Gasteiger partial charge in [0.2, 0.25) is 0 Å². The van der Waals surface area contributed by atoms with Crippen molar-refractivity contribution in [2.75, 3.05) is 26.7 Å². The molecule has 0 bridgehead atoms. The van der Waals surface area contributed by atoms with Crippen molar-refractivity contribution in [3.63, 3.8) is 0 Å². The molecule has 0 amide bonds. The molecule has 0 unspecified atom stereocenters. The molecule has 1 saturated heterocycles. The second kappa shape index (κ2) is 4.72. The zero-order valence-electron chi connectivity index (χ0n) is 9.63. The van der Waals surface area contributed by atoms with Gasteiger partial charge in [0, 0.05) is 26.7 Å². The average Bonchev–Trinajstić information content (AvgIpc) is 3.11. The highest BCUT2D eigenvalue weighted by Crippen LogP contribution is 2.16. The summed E-state index contributed by atoms with van der Waals surface area (Å²) in [6.45, 7) is 1.47. The summed E-state index contributed by atoms with van der Waals surface area (Å²) in [5.74, 6) is -0.287. The molecule has 94 valence electrons. The number of benzene rings is 1. The predicted octanol–water partition coefficient (Wildman–Crippen LogP) is 0.860. The van der Waals surface area contributed by atoms with Gasteiger partial charge >= 0.3 is 0 Å². The normalized spacial score (nSPS) is 16.4. The second-order valence-electron chi connectivity index (χ2n) is 4.07. The van der Waals surface area contributed by atoms with Crippen LogP contribution >= 0.6 is 0 Å². The molecule has 2 rings (SSSR count). The minimum absolute atomic E-state index is 0.287. The van der Waals surface area contributed by atoms with Crippen molar-refractivity contribution in [1.82, 2.24) is 8.61 Å². The third-order valence-electron chi connectivity index (χ3n) is 2.78. The van der Waals surface area contributed by atoms with Crippen LogP contribution in [0.4, 0.5) is 4.39 Å². The maximum absolute atomic E-state index is 13.3. The Morgan fingerprint density at radius 2 is 2.00 bits per heavy atom. The predicted molar refractivity (Wildman–Crippen MR) is 63.2 cm³/mol. The topological polar surface area (TPSA) is 40.4 Å². The second-order valence-corrected chi connectivity index (χ2v) is 6.11. The monoisotopic (exact) mass is 258 g/mol. The highest BCUT2D eigenvalue weighted by Gasteiger charge is 2.34. The summed E-state index contributed by atoms with van der Waals surface area (Å²) in [6.07, 6.45) is 0.385. The Morgan fingerprint density at radius 3 is 2.59 bits per heavy atom. The lowest BCUT2D eigenvalue weighted by molar-refractivity contribution is 0.442. The van der Waals surface area contributed by atoms with E-state index in [0.29, 0.717) is 31.6 Å². The summed E-state index contributed by atoms with van der Waals surface area (Å²) in [4.78, 5) is 0. The van der Waals surface area contributed by atoms with Gasteiger partial charge in [-0.25, -0.2) is 4.39 Å². The van der Waals surface area contributed by atoms with E-state index in [1.54, 1.807) is 18.2 Å². The van der Waals surface area contributed by atoms with Gasteiger partial charge in [-0.3, -0.25) is 0 Å². The molecule has 1 aliphatic rings. The third kappa shape index (κ3) is 2.83. The van der Waals surface area contributed by atoms with Crippen LogP contribution in [0.15, 0.2) is 24.3 Å². The summed E-state index contributed by atoms with van der Waals surface area (Å²) in [5.41, 5.74) is 0.542. The van der Waals surface area contributed by atoms with E-state index in [0.717, 1.165) is 0 Å². The molecule has 0 aliphatic carbocycles. The van der Waals surface area contributed by atoms with Gasteiger partial charge in [0.15, 0.2) is 0 Å². The molecular formula is C11H15FN2O2S. The Balaban J connectivity index is 1.97. The zero-order chi connectivity index (χ0) is 12.5. The smallest absolute Gasteiger partial charge is 0.207 e. The van der Waals surface area contributed by atoms with Crippen molar-refractivity contribution in [2.24, 2.45) is 0 Å². The van der Waals surface area contributed by atoms with E-state index in [-0.39, 0.29) is 5.82 Å². The molecule has 0 saturated carbocycles. The molecule has 17 heavy (non-hydrogen) atoms. The summed E-state index contributed by atoms with van der Waals surface area (Å²) in [5, 5.41) is 0. The first kappa shape index (κ1) is 12.5. The fourth-order valence-corrected chi connectivity index (χ4v) is 2.82. The fourth-order valence-electron chi connectivity index (χ4n) is 1.56. The summed E-state index contributed by atoms with van der Waals surface area (Å²) < 4.78 is 39.5. The van der Waals surface area contributed by atoms with Gasteiger partial charge in [-0.15, -0.1) is 0 Å². The summed E-state index contributed by atoms with van der Waals surface area (Å²) >= 11 is 0. The van der Waals surface area contributed by atoms with Crippen LogP contribution in [0, 0.1) is 5.82 Å². The molecule has 1 fully saturated rings. The van der Waals surface area contributed by atoms with Gasteiger partial charge in [-0.05, 0) is 18.1 Å². The lowest BCUT2D eigenvalue weighted by Crippen LogP contribution is -2.33. The van der Waals surface area contributed by atoms with Gasteiger partial charge in [-0.1, -0.05) is 18.2 Å². The molecule has 0 radical (unpaired) electrons. The lowest BCUT2D eigenvalue weighted by atomic mass is 10.1. The van der Waals surface area contributed by atoms with Crippen LogP contribution in [0.3, 0.4) is 0 Å². The van der Waals surface area contributed by atoms with Crippen molar-refractivity contribution in [3.8, 4) is 0 Å². The quantitative estimate of drug-likeness (QED) is 0.735. The maximum atomic E-state index is 13.3. The van der Waals surface area contributed by atoms with Gasteiger partial charge in [-0.2, -0.15) is 17.0 Å². The van der Waals surface area contributed by atoms with E-state index < -0.39 is 10.2 Å². The highest BCUT2D eigenvalue weighted by atomic mass is 32.2. The molecular weight excluding hydrogens is 243 g/mol. The molecule has 6 heteroatoms. The van der Waals surface area contributed by atoms with Gasteiger partial charge < -0.3 is 0 Å². The maximum Gasteiger partial charge on any atom is 0.281 e. The highest BCUT2D eigenvalue weighted by molar-refractivity contribution is 7.87. The fraction of sp³-hybridized carbons (Fsp3) is 0.455. The van der Waals surface area contributed by atoms with Crippen molar-refractivity contribution in [2.45, 2.75) is 6.42 Å². The van der Waals surface area contributed by atoms with Crippen LogP contribution in [0.1, 0.15) is 5.56 Å². The number of hydrogen-bond acceptors (Lipinski definition) is 2. The van der Waals surface area contributed by atoms with Gasteiger partial charge in [0.05, 0.1) is 0 Å². The van der Waals surface area contributed by atoms with Crippen molar-refractivity contribution in [3.05, 3.63) is 35.6 Å². The van der Waals surface area contributed by atoms with Crippen LogP contribution < -0.4 is 0 Å². The first-order valence-electron chi connectivity index (χ1n) is 5.46. The Kier molecular flexibility index (Phi) is 3.46. The minimum Gasteiger partial charge on any atom is -0.207 e. The minimum atomic E-state index is -3.30. The van der Waals surface area contributed by atoms with E-state index in [1.807, 2.05) is 0 Å². The number of hydrogen-bond donors (Lipinski definition) is 0. The molecule has 1 heterocycles. The third-order valence-corrected chi connectivity index (χ3v) is 4.77. The van der Waals surface area contributed by atoms with E-state index in [1.165, 1.54) is 21.7 Å². The molecule has 0 spiro atoms. The number of nitrogens with zero attached hydrogens (tertiary/aromatic N) is 2. The first-order valence-corrected chi connectivity index (χ1v) is 6.86. The molecule has 4 nitrogen and oxygen atoms in total. The largest absolute Gasteiger partial charge is 0.281 e. The van der Waals surface area contributed by atoms with E-state index in [4.69, 9.17) is 0 Å². The number of rotatable bonds is 5. The van der Waals surface area contributed by atoms with E-state index in [9.17, 15) is 12.8 Å². The standard InChI is InChI=1S/C11H15FN2O2S/c1-13(17(15,16)14-8-9-14)7-6-10-4-2-3-5-11(10)12/h2-5H,6-9H2,1H3. The molecule has 1 aromatic carbocycles. The van der Waals surface area contributed by atoms with Crippen LogP contribution in [-0.2, 0) is 16.6 Å². The first-order chi connectivity index (χ1) is 8.01. The van der Waals surface area contributed by atoms with Crippen molar-refractivity contribution >= 4 is 10.2 Å². The molecule has 1 aromatic rings. The SMILES string of the molecule is CN(CCc1ccccc1F)S(=O)(=O)N1CC1. The Bertz CT molecular complexity index is 500. The van der Waals surface area contributed by atoms with Crippen molar-refractivity contribution < 1.29 is 12.8 Å². The summed E-state index contributed by atoms with van der Waals surface area (Å²) in [6, 6.07) is 6.42. The van der Waals surface area contributed by atoms with Crippen LogP contribution in [0.25, 0.3) is 0 Å². The van der Waals surface area contributed by atoms with Crippen LogP contribution in [0.2, 0.25) is 0 Å². The average molecular weight is 258 g/mol. The van der Waals surface area contributed by atoms with Crippen LogP contribution in [0.5, 0.6) is 0 Å². The zero-order valence-corrected chi connectivity index (χ0v) is 10.5.